The molecule has 0 spiro atoms. The van der Waals surface area contributed by atoms with E-state index in [1.165, 1.54) is 47.1 Å². The van der Waals surface area contributed by atoms with Crippen LogP contribution in [0.3, 0.4) is 0 Å². The SMILES string of the molecule is Cc1ccc(CC2CCCc3ccccc3C2N)cc1C. The van der Waals surface area contributed by atoms with Gasteiger partial charge >= 0.3 is 0 Å². The number of rotatable bonds is 2. The van der Waals surface area contributed by atoms with E-state index in [4.69, 9.17) is 5.73 Å². The first-order valence-electron chi connectivity index (χ1n) is 8.04. The summed E-state index contributed by atoms with van der Waals surface area (Å²) in [6, 6.07) is 15.7. The normalized spacial score (nSPS) is 21.7. The summed E-state index contributed by atoms with van der Waals surface area (Å²) in [6.07, 6.45) is 4.74. The van der Waals surface area contributed by atoms with Crippen LogP contribution in [0.1, 0.15) is 46.7 Å². The zero-order chi connectivity index (χ0) is 14.8. The highest BCUT2D eigenvalue weighted by Crippen LogP contribution is 2.33. The van der Waals surface area contributed by atoms with Crippen LogP contribution in [-0.2, 0) is 12.8 Å². The highest BCUT2D eigenvalue weighted by Gasteiger charge is 2.24. The second-order valence-electron chi connectivity index (χ2n) is 6.50. The third-order valence-electron chi connectivity index (χ3n) is 5.01. The lowest BCUT2D eigenvalue weighted by molar-refractivity contribution is 0.402. The lowest BCUT2D eigenvalue weighted by Gasteiger charge is -2.23. The summed E-state index contributed by atoms with van der Waals surface area (Å²) in [5.74, 6) is 0.552. The number of hydrogen-bond acceptors (Lipinski definition) is 1. The third-order valence-corrected chi connectivity index (χ3v) is 5.01. The maximum atomic E-state index is 6.61. The lowest BCUT2D eigenvalue weighted by atomic mass is 9.86. The first kappa shape index (κ1) is 14.3. The maximum Gasteiger partial charge on any atom is 0.0329 e. The Bertz CT molecular complexity index is 629. The molecule has 0 amide bonds. The van der Waals surface area contributed by atoms with Gasteiger partial charge in [-0.1, -0.05) is 42.5 Å². The summed E-state index contributed by atoms with van der Waals surface area (Å²) < 4.78 is 0. The van der Waals surface area contributed by atoms with Gasteiger partial charge in [0.15, 0.2) is 0 Å². The Morgan fingerprint density at radius 3 is 2.67 bits per heavy atom. The number of fused-ring (bicyclic) bond motifs is 1. The van der Waals surface area contributed by atoms with Crippen molar-refractivity contribution < 1.29 is 0 Å². The first-order chi connectivity index (χ1) is 10.1. The van der Waals surface area contributed by atoms with Crippen LogP contribution >= 0.6 is 0 Å². The summed E-state index contributed by atoms with van der Waals surface area (Å²) in [5, 5.41) is 0. The van der Waals surface area contributed by atoms with Crippen molar-refractivity contribution in [3.05, 3.63) is 70.3 Å². The molecule has 0 saturated heterocycles. The van der Waals surface area contributed by atoms with Crippen molar-refractivity contribution >= 4 is 0 Å². The Hall–Kier alpha value is -1.60. The van der Waals surface area contributed by atoms with Crippen LogP contribution in [0.2, 0.25) is 0 Å². The van der Waals surface area contributed by atoms with Crippen LogP contribution in [0.5, 0.6) is 0 Å². The number of benzene rings is 2. The largest absolute Gasteiger partial charge is 0.324 e. The highest BCUT2D eigenvalue weighted by atomic mass is 14.7. The van der Waals surface area contributed by atoms with Gasteiger partial charge in [-0.2, -0.15) is 0 Å². The molecule has 0 fully saturated rings. The van der Waals surface area contributed by atoms with Gasteiger partial charge in [0.05, 0.1) is 0 Å². The lowest BCUT2D eigenvalue weighted by Crippen LogP contribution is -2.23. The molecule has 3 rings (SSSR count). The molecule has 2 N–H and O–H groups in total. The van der Waals surface area contributed by atoms with Gasteiger partial charge in [-0.05, 0) is 73.3 Å². The zero-order valence-corrected chi connectivity index (χ0v) is 13.1. The van der Waals surface area contributed by atoms with Crippen LogP contribution in [0.25, 0.3) is 0 Å². The van der Waals surface area contributed by atoms with Crippen molar-refractivity contribution in [3.8, 4) is 0 Å². The van der Waals surface area contributed by atoms with Crippen LogP contribution in [0, 0.1) is 19.8 Å². The molecule has 110 valence electrons. The van der Waals surface area contributed by atoms with Crippen LogP contribution in [0.4, 0.5) is 0 Å². The van der Waals surface area contributed by atoms with Gasteiger partial charge < -0.3 is 5.73 Å². The molecule has 0 heterocycles. The van der Waals surface area contributed by atoms with Gasteiger partial charge in [-0.25, -0.2) is 0 Å². The van der Waals surface area contributed by atoms with E-state index >= 15 is 0 Å². The molecule has 2 aromatic carbocycles. The molecule has 0 saturated carbocycles. The summed E-state index contributed by atoms with van der Waals surface area (Å²) in [6.45, 7) is 4.37. The molecular weight excluding hydrogens is 254 g/mol. The summed E-state index contributed by atoms with van der Waals surface area (Å²) in [5.41, 5.74) is 13.6. The van der Waals surface area contributed by atoms with Crippen molar-refractivity contribution in [1.29, 1.82) is 0 Å². The molecular formula is C20H25N. The van der Waals surface area contributed by atoms with E-state index in [0.29, 0.717) is 5.92 Å². The molecule has 21 heavy (non-hydrogen) atoms. The minimum Gasteiger partial charge on any atom is -0.324 e. The van der Waals surface area contributed by atoms with Crippen molar-refractivity contribution in [2.24, 2.45) is 11.7 Å². The number of nitrogens with two attached hydrogens (primary N) is 1. The van der Waals surface area contributed by atoms with Gasteiger partial charge in [-0.15, -0.1) is 0 Å². The molecule has 0 bridgehead atoms. The molecule has 0 radical (unpaired) electrons. The Balaban J connectivity index is 1.84. The molecule has 0 aromatic heterocycles. The standard InChI is InChI=1S/C20H25N/c1-14-10-11-16(12-15(14)2)13-18-8-5-7-17-6-3-4-9-19(17)20(18)21/h3-4,6,9-12,18,20H,5,7-8,13,21H2,1-2H3. The van der Waals surface area contributed by atoms with Crippen molar-refractivity contribution in [2.45, 2.75) is 45.6 Å². The van der Waals surface area contributed by atoms with E-state index in [2.05, 4.69) is 56.3 Å². The first-order valence-corrected chi connectivity index (χ1v) is 8.04. The summed E-state index contributed by atoms with van der Waals surface area (Å²) in [4.78, 5) is 0. The third kappa shape index (κ3) is 3.03. The second kappa shape index (κ2) is 6.03. The fourth-order valence-electron chi connectivity index (χ4n) is 3.54. The molecule has 2 unspecified atom stereocenters. The van der Waals surface area contributed by atoms with E-state index in [1.807, 2.05) is 0 Å². The monoisotopic (exact) mass is 279 g/mol. The molecule has 1 heteroatoms. The smallest absolute Gasteiger partial charge is 0.0329 e. The topological polar surface area (TPSA) is 26.0 Å². The predicted molar refractivity (Wildman–Crippen MR) is 89.4 cm³/mol. The number of aryl methyl sites for hydroxylation is 3. The summed E-state index contributed by atoms with van der Waals surface area (Å²) in [7, 11) is 0. The zero-order valence-electron chi connectivity index (χ0n) is 13.1. The van der Waals surface area contributed by atoms with Gasteiger partial charge in [0.25, 0.3) is 0 Å². The maximum absolute atomic E-state index is 6.61. The average Bonchev–Trinajstić information content (AvgIpc) is 2.64. The van der Waals surface area contributed by atoms with Gasteiger partial charge in [-0.3, -0.25) is 0 Å². The molecule has 1 nitrogen and oxygen atoms in total. The molecule has 1 aliphatic rings. The summed E-state index contributed by atoms with van der Waals surface area (Å²) >= 11 is 0. The molecule has 2 atom stereocenters. The Morgan fingerprint density at radius 1 is 1.05 bits per heavy atom. The Labute approximate surface area is 128 Å². The van der Waals surface area contributed by atoms with Crippen LogP contribution in [0.15, 0.2) is 42.5 Å². The number of hydrogen-bond donors (Lipinski definition) is 1. The van der Waals surface area contributed by atoms with Crippen LogP contribution < -0.4 is 5.73 Å². The van der Waals surface area contributed by atoms with E-state index < -0.39 is 0 Å². The van der Waals surface area contributed by atoms with E-state index in [9.17, 15) is 0 Å². The Morgan fingerprint density at radius 2 is 1.86 bits per heavy atom. The fourth-order valence-corrected chi connectivity index (χ4v) is 3.54. The van der Waals surface area contributed by atoms with Crippen molar-refractivity contribution in [2.75, 3.05) is 0 Å². The van der Waals surface area contributed by atoms with Crippen molar-refractivity contribution in [1.82, 2.24) is 0 Å². The van der Waals surface area contributed by atoms with E-state index in [-0.39, 0.29) is 6.04 Å². The Kier molecular flexibility index (Phi) is 4.12. The molecule has 2 aromatic rings. The molecule has 0 aliphatic heterocycles. The van der Waals surface area contributed by atoms with Crippen molar-refractivity contribution in [3.63, 3.8) is 0 Å². The fraction of sp³-hybridized carbons (Fsp3) is 0.400. The van der Waals surface area contributed by atoms with Gasteiger partial charge in [0.1, 0.15) is 0 Å². The van der Waals surface area contributed by atoms with Gasteiger partial charge in [0.2, 0.25) is 0 Å². The second-order valence-corrected chi connectivity index (χ2v) is 6.50. The highest BCUT2D eigenvalue weighted by molar-refractivity contribution is 5.33. The minimum absolute atomic E-state index is 0.172. The average molecular weight is 279 g/mol. The van der Waals surface area contributed by atoms with Crippen LogP contribution in [-0.4, -0.2) is 0 Å². The van der Waals surface area contributed by atoms with Gasteiger partial charge in [0, 0.05) is 6.04 Å². The quantitative estimate of drug-likeness (QED) is 0.805. The molecule has 1 aliphatic carbocycles. The van der Waals surface area contributed by atoms with E-state index in [1.54, 1.807) is 0 Å². The minimum atomic E-state index is 0.172. The van der Waals surface area contributed by atoms with E-state index in [0.717, 1.165) is 6.42 Å². The predicted octanol–water partition coefficient (Wildman–Crippen LogP) is 4.50.